The monoisotopic (exact) mass is 559 g/mol. The van der Waals surface area contributed by atoms with E-state index in [0.717, 1.165) is 63.9 Å². The highest BCUT2D eigenvalue weighted by Crippen LogP contribution is 2.40. The fourth-order valence-corrected chi connectivity index (χ4v) is 5.10. The molecule has 182 valence electrons. The summed E-state index contributed by atoms with van der Waals surface area (Å²) in [5, 5.41) is 7.26. The van der Waals surface area contributed by atoms with Crippen LogP contribution in [0.4, 0.5) is 0 Å². The first-order valence-corrected chi connectivity index (χ1v) is 11.9. The average molecular weight is 560 g/mol. The van der Waals surface area contributed by atoms with Crippen molar-refractivity contribution in [1.29, 1.82) is 0 Å². The van der Waals surface area contributed by atoms with Gasteiger partial charge in [-0.3, -0.25) is 4.99 Å². The molecule has 6 nitrogen and oxygen atoms in total. The van der Waals surface area contributed by atoms with Crippen LogP contribution >= 0.6 is 24.0 Å². The fraction of sp³-hybridized carbons (Fsp3) is 0.720. The Morgan fingerprint density at radius 2 is 1.69 bits per heavy atom. The minimum atomic E-state index is 0. The molecule has 1 saturated heterocycles. The maximum atomic E-state index is 5.70. The molecule has 1 saturated carbocycles. The van der Waals surface area contributed by atoms with Crippen molar-refractivity contribution in [2.75, 3.05) is 53.7 Å². The van der Waals surface area contributed by atoms with Gasteiger partial charge in [-0.15, -0.1) is 24.0 Å². The molecule has 2 fully saturated rings. The van der Waals surface area contributed by atoms with Crippen molar-refractivity contribution in [2.24, 2.45) is 10.4 Å². The van der Waals surface area contributed by atoms with Gasteiger partial charge in [0.15, 0.2) is 5.96 Å². The molecule has 0 radical (unpaired) electrons. The summed E-state index contributed by atoms with van der Waals surface area (Å²) < 4.78 is 16.7. The topological polar surface area (TPSA) is 64.1 Å². The quantitative estimate of drug-likeness (QED) is 0.251. The predicted octanol–water partition coefficient (Wildman–Crippen LogP) is 4.51. The Labute approximate surface area is 211 Å². The molecule has 1 heterocycles. The molecule has 0 bridgehead atoms. The van der Waals surface area contributed by atoms with Crippen molar-refractivity contribution in [2.45, 2.75) is 57.3 Å². The van der Waals surface area contributed by atoms with Gasteiger partial charge >= 0.3 is 0 Å². The second-order valence-electron chi connectivity index (χ2n) is 9.08. The molecule has 0 atom stereocenters. The molecule has 7 heteroatoms. The van der Waals surface area contributed by atoms with E-state index in [1.54, 1.807) is 7.11 Å². The number of guanidine groups is 1. The van der Waals surface area contributed by atoms with E-state index in [-0.39, 0.29) is 29.4 Å². The number of ether oxygens (including phenoxy) is 3. The molecule has 3 rings (SSSR count). The summed E-state index contributed by atoms with van der Waals surface area (Å²) in [6.45, 7) is 6.91. The molecule has 1 aliphatic carbocycles. The van der Waals surface area contributed by atoms with Crippen LogP contribution in [0.15, 0.2) is 29.3 Å². The largest absolute Gasteiger partial charge is 0.494 e. The van der Waals surface area contributed by atoms with Crippen molar-refractivity contribution in [3.8, 4) is 5.75 Å². The number of aliphatic imine (C=N–C) groups is 1. The standard InChI is InChI=1S/C25H41N3O3.HI/c1-4-31-22-9-7-21(8-10-22)25(14-17-30-18-15-25)20-28-23(26-2)27-19-24(13-16-29-3)11-5-6-12-24;/h7-10H,4-6,11-20H2,1-3H3,(H2,26,27,28);1H. The lowest BCUT2D eigenvalue weighted by Gasteiger charge is -2.38. The minimum Gasteiger partial charge on any atom is -0.494 e. The normalized spacial score (nSPS) is 19.8. The van der Waals surface area contributed by atoms with Crippen molar-refractivity contribution >= 4 is 29.9 Å². The summed E-state index contributed by atoms with van der Waals surface area (Å²) in [6.07, 6.45) is 8.30. The molecule has 1 aromatic rings. The van der Waals surface area contributed by atoms with Crippen molar-refractivity contribution in [3.63, 3.8) is 0 Å². The number of halogens is 1. The third-order valence-corrected chi connectivity index (χ3v) is 7.18. The molecule has 2 aliphatic rings. The molecule has 0 unspecified atom stereocenters. The van der Waals surface area contributed by atoms with Crippen LogP contribution in [0.2, 0.25) is 0 Å². The zero-order chi connectivity index (χ0) is 22.0. The number of hydrogen-bond acceptors (Lipinski definition) is 4. The Bertz CT molecular complexity index is 684. The molecule has 1 aromatic carbocycles. The average Bonchev–Trinajstić information content (AvgIpc) is 3.28. The molecular weight excluding hydrogens is 517 g/mol. The Kier molecular flexibility index (Phi) is 11.6. The highest BCUT2D eigenvalue weighted by atomic mass is 127. The van der Waals surface area contributed by atoms with Crippen LogP contribution < -0.4 is 15.4 Å². The molecule has 2 N–H and O–H groups in total. The van der Waals surface area contributed by atoms with Crippen LogP contribution in [0.1, 0.15) is 57.4 Å². The fourth-order valence-electron chi connectivity index (χ4n) is 5.10. The highest BCUT2D eigenvalue weighted by molar-refractivity contribution is 14.0. The lowest BCUT2D eigenvalue weighted by Crippen LogP contribution is -2.49. The molecule has 0 aromatic heterocycles. The highest BCUT2D eigenvalue weighted by Gasteiger charge is 2.36. The summed E-state index contributed by atoms with van der Waals surface area (Å²) in [7, 11) is 3.66. The van der Waals surface area contributed by atoms with E-state index in [4.69, 9.17) is 14.2 Å². The van der Waals surface area contributed by atoms with E-state index in [1.807, 2.05) is 14.0 Å². The van der Waals surface area contributed by atoms with Gasteiger partial charge in [0.25, 0.3) is 0 Å². The van der Waals surface area contributed by atoms with Gasteiger partial charge in [-0.25, -0.2) is 0 Å². The third-order valence-electron chi connectivity index (χ3n) is 7.18. The van der Waals surface area contributed by atoms with Crippen LogP contribution in [0.5, 0.6) is 5.75 Å². The van der Waals surface area contributed by atoms with Crippen LogP contribution in [0.25, 0.3) is 0 Å². The number of hydrogen-bond donors (Lipinski definition) is 2. The molecule has 0 spiro atoms. The van der Waals surface area contributed by atoms with E-state index in [9.17, 15) is 0 Å². The maximum absolute atomic E-state index is 5.70. The van der Waals surface area contributed by atoms with Crippen LogP contribution in [0.3, 0.4) is 0 Å². The van der Waals surface area contributed by atoms with Gasteiger partial charge in [-0.1, -0.05) is 25.0 Å². The van der Waals surface area contributed by atoms with E-state index < -0.39 is 0 Å². The minimum absolute atomic E-state index is 0. The van der Waals surface area contributed by atoms with Gasteiger partial charge in [0, 0.05) is 52.5 Å². The van der Waals surface area contributed by atoms with Gasteiger partial charge in [0.1, 0.15) is 5.75 Å². The van der Waals surface area contributed by atoms with E-state index in [1.165, 1.54) is 31.2 Å². The summed E-state index contributed by atoms with van der Waals surface area (Å²) >= 11 is 0. The number of benzene rings is 1. The predicted molar refractivity (Wildman–Crippen MR) is 142 cm³/mol. The number of rotatable bonds is 10. The van der Waals surface area contributed by atoms with Crippen LogP contribution in [0, 0.1) is 5.41 Å². The first-order chi connectivity index (χ1) is 15.2. The van der Waals surface area contributed by atoms with Gasteiger partial charge in [-0.05, 0) is 62.1 Å². The van der Waals surface area contributed by atoms with Gasteiger partial charge in [0.05, 0.1) is 6.61 Å². The van der Waals surface area contributed by atoms with Crippen molar-refractivity contribution in [3.05, 3.63) is 29.8 Å². The van der Waals surface area contributed by atoms with Gasteiger partial charge in [0.2, 0.25) is 0 Å². The van der Waals surface area contributed by atoms with Gasteiger partial charge in [-0.2, -0.15) is 0 Å². The van der Waals surface area contributed by atoms with E-state index >= 15 is 0 Å². The van der Waals surface area contributed by atoms with E-state index in [2.05, 4.69) is 39.9 Å². The Morgan fingerprint density at radius 3 is 2.28 bits per heavy atom. The molecule has 0 amide bonds. The van der Waals surface area contributed by atoms with Crippen LogP contribution in [-0.4, -0.2) is 59.6 Å². The molecular formula is C25H42IN3O3. The number of methoxy groups -OCH3 is 1. The smallest absolute Gasteiger partial charge is 0.191 e. The number of nitrogens with one attached hydrogen (secondary N) is 2. The van der Waals surface area contributed by atoms with E-state index in [0.29, 0.717) is 12.0 Å². The third kappa shape index (κ3) is 7.22. The molecule has 1 aliphatic heterocycles. The zero-order valence-electron chi connectivity index (χ0n) is 20.1. The van der Waals surface area contributed by atoms with Crippen LogP contribution in [-0.2, 0) is 14.9 Å². The first-order valence-electron chi connectivity index (χ1n) is 11.9. The van der Waals surface area contributed by atoms with Gasteiger partial charge < -0.3 is 24.8 Å². The zero-order valence-corrected chi connectivity index (χ0v) is 22.4. The molecule has 32 heavy (non-hydrogen) atoms. The number of nitrogens with zero attached hydrogens (tertiary/aromatic N) is 1. The Hall–Kier alpha value is -1.06. The Morgan fingerprint density at radius 1 is 1.03 bits per heavy atom. The van der Waals surface area contributed by atoms with Crippen molar-refractivity contribution in [1.82, 2.24) is 10.6 Å². The second-order valence-corrected chi connectivity index (χ2v) is 9.08. The SMILES string of the molecule is CCOc1ccc(C2(CNC(=NC)NCC3(CCOC)CCCC3)CCOCC2)cc1.I. The summed E-state index contributed by atoms with van der Waals surface area (Å²) in [5.74, 6) is 1.82. The first kappa shape index (κ1) is 27.2. The second kappa shape index (κ2) is 13.6. The lowest BCUT2D eigenvalue weighted by molar-refractivity contribution is 0.0513. The lowest BCUT2D eigenvalue weighted by atomic mass is 9.74. The Balaban J connectivity index is 0.00000363. The summed E-state index contributed by atoms with van der Waals surface area (Å²) in [4.78, 5) is 4.52. The van der Waals surface area contributed by atoms with Crippen molar-refractivity contribution < 1.29 is 14.2 Å². The maximum Gasteiger partial charge on any atom is 0.191 e. The summed E-state index contributed by atoms with van der Waals surface area (Å²) in [5.41, 5.74) is 1.72. The summed E-state index contributed by atoms with van der Waals surface area (Å²) in [6, 6.07) is 8.60.